The van der Waals surface area contributed by atoms with Crippen LogP contribution < -0.4 is 15.4 Å². The molecule has 4 aliphatic rings. The molecule has 5 amide bonds. The van der Waals surface area contributed by atoms with Crippen LogP contribution in [0.25, 0.3) is 0 Å². The molecule has 0 aromatic heterocycles. The van der Waals surface area contributed by atoms with Gasteiger partial charge in [-0.3, -0.25) is 24.0 Å². The van der Waals surface area contributed by atoms with Crippen molar-refractivity contribution >= 4 is 63.1 Å². The predicted molar refractivity (Wildman–Crippen MR) is 208 cm³/mol. The first-order chi connectivity index (χ1) is 26.9. The van der Waals surface area contributed by atoms with Crippen LogP contribution in [0.2, 0.25) is 10.0 Å². The molecule has 57 heavy (non-hydrogen) atoms. The van der Waals surface area contributed by atoms with Crippen LogP contribution in [0.3, 0.4) is 0 Å². The van der Waals surface area contributed by atoms with Crippen molar-refractivity contribution in [3.8, 4) is 0 Å². The molecule has 3 N–H and O–H groups in total. The van der Waals surface area contributed by atoms with Gasteiger partial charge in [-0.15, -0.1) is 0 Å². The number of nitrogens with one attached hydrogen (secondary N) is 3. The molecule has 2 fully saturated rings. The second-order valence-corrected chi connectivity index (χ2v) is 18.4. The van der Waals surface area contributed by atoms with Gasteiger partial charge < -0.3 is 25.0 Å². The topological polar surface area (TPSA) is 181 Å². The minimum atomic E-state index is -4.38. The molecule has 1 saturated carbocycles. The van der Waals surface area contributed by atoms with Crippen molar-refractivity contribution in [1.29, 1.82) is 0 Å². The molecule has 2 aromatic carbocycles. The van der Waals surface area contributed by atoms with E-state index in [-0.39, 0.29) is 54.5 Å². The van der Waals surface area contributed by atoms with E-state index in [9.17, 15) is 36.8 Å². The summed E-state index contributed by atoms with van der Waals surface area (Å²) in [6, 6.07) is 6.64. The highest BCUT2D eigenvalue weighted by Crippen LogP contribution is 2.46. The zero-order chi connectivity index (χ0) is 41.3. The number of benzene rings is 2. The monoisotopic (exact) mass is 849 g/mol. The Balaban J connectivity index is 1.26. The molecule has 308 valence electrons. The molecule has 3 heterocycles. The highest BCUT2D eigenvalue weighted by Gasteiger charge is 2.61. The molecule has 3 aliphatic heterocycles. The van der Waals surface area contributed by atoms with Crippen LogP contribution in [0, 0.1) is 11.7 Å². The molecule has 1 saturated heterocycles. The van der Waals surface area contributed by atoms with Crippen molar-refractivity contribution in [2.45, 2.75) is 114 Å². The number of allylic oxidation sites excluding steroid dienone is 1. The van der Waals surface area contributed by atoms with Crippen LogP contribution in [0.4, 0.5) is 14.0 Å². The van der Waals surface area contributed by atoms with Gasteiger partial charge in [0.25, 0.3) is 5.91 Å². The number of hydrogen-bond donors (Lipinski definition) is 3. The number of ether oxygens (including phenoxy) is 2. The number of alkyl carbamates (subject to hydrolysis) is 1. The van der Waals surface area contributed by atoms with Crippen molar-refractivity contribution in [1.82, 2.24) is 25.2 Å². The van der Waals surface area contributed by atoms with Gasteiger partial charge in [-0.05, 0) is 70.2 Å². The Morgan fingerprint density at radius 3 is 2.46 bits per heavy atom. The van der Waals surface area contributed by atoms with Gasteiger partial charge in [-0.1, -0.05) is 66.4 Å². The number of hydrogen-bond acceptors (Lipinski definition) is 9. The van der Waals surface area contributed by atoms with Gasteiger partial charge in [0.2, 0.25) is 21.8 Å². The molecule has 0 radical (unpaired) electrons. The lowest BCUT2D eigenvalue weighted by molar-refractivity contribution is -0.141. The van der Waals surface area contributed by atoms with E-state index >= 15 is 0 Å². The average molecular weight is 851 g/mol. The Morgan fingerprint density at radius 1 is 1.04 bits per heavy atom. The Labute approximate surface area is 340 Å². The number of nitrogens with zero attached hydrogens (tertiary/aromatic N) is 2. The minimum Gasteiger partial charge on any atom is -0.444 e. The molecule has 0 unspecified atom stereocenters. The summed E-state index contributed by atoms with van der Waals surface area (Å²) in [7, 11) is -4.38. The summed E-state index contributed by atoms with van der Waals surface area (Å²) >= 11 is 12.4. The molecule has 6 rings (SSSR count). The maximum atomic E-state index is 14.5. The largest absolute Gasteiger partial charge is 0.444 e. The number of halogens is 3. The fraction of sp³-hybridized carbons (Fsp3) is 0.513. The van der Waals surface area contributed by atoms with E-state index < -0.39 is 86.7 Å². The molecule has 5 atom stereocenters. The summed E-state index contributed by atoms with van der Waals surface area (Å²) in [4.78, 5) is 71.6. The van der Waals surface area contributed by atoms with Crippen molar-refractivity contribution in [3.05, 3.63) is 81.1 Å². The van der Waals surface area contributed by atoms with Crippen molar-refractivity contribution in [2.75, 3.05) is 6.54 Å². The highest BCUT2D eigenvalue weighted by atomic mass is 35.5. The predicted octanol–water partition coefficient (Wildman–Crippen LogP) is 5.49. The summed E-state index contributed by atoms with van der Waals surface area (Å²) in [5.41, 5.74) is -1.47. The van der Waals surface area contributed by atoms with E-state index in [4.69, 9.17) is 32.7 Å². The van der Waals surface area contributed by atoms with Gasteiger partial charge in [-0.2, -0.15) is 0 Å². The molecule has 18 heteroatoms. The Bertz CT molecular complexity index is 2060. The number of fused-ring (bicyclic) bond motifs is 3. The summed E-state index contributed by atoms with van der Waals surface area (Å²) in [6.07, 6.45) is 3.67. The number of amides is 5. The normalized spacial score (nSPS) is 25.8. The van der Waals surface area contributed by atoms with Gasteiger partial charge >= 0.3 is 12.2 Å². The van der Waals surface area contributed by atoms with Gasteiger partial charge in [0.1, 0.15) is 35.1 Å². The maximum absolute atomic E-state index is 14.5. The van der Waals surface area contributed by atoms with E-state index in [1.165, 1.54) is 28.0 Å². The van der Waals surface area contributed by atoms with Gasteiger partial charge in [-0.25, -0.2) is 22.4 Å². The molecule has 14 nitrogen and oxygen atoms in total. The number of rotatable bonds is 6. The summed E-state index contributed by atoms with van der Waals surface area (Å²) < 4.78 is 54.5. The molecule has 0 bridgehead atoms. The quantitative estimate of drug-likeness (QED) is 0.317. The van der Waals surface area contributed by atoms with Gasteiger partial charge in [0, 0.05) is 40.1 Å². The van der Waals surface area contributed by atoms with E-state index in [2.05, 4.69) is 15.4 Å². The third-order valence-corrected chi connectivity index (χ3v) is 12.3. The lowest BCUT2D eigenvalue weighted by atomic mass is 10.0. The van der Waals surface area contributed by atoms with Gasteiger partial charge in [0.05, 0.1) is 18.8 Å². The van der Waals surface area contributed by atoms with E-state index in [0.717, 1.165) is 0 Å². The smallest absolute Gasteiger partial charge is 0.410 e. The summed E-state index contributed by atoms with van der Waals surface area (Å²) in [5, 5.41) is 5.60. The fourth-order valence-electron chi connectivity index (χ4n) is 7.47. The molecule has 2 aromatic rings. The van der Waals surface area contributed by atoms with Crippen molar-refractivity contribution < 1.29 is 46.3 Å². The molecular formula is C39H46Cl2FN5O9S. The third-order valence-electron chi connectivity index (χ3n) is 10.4. The van der Waals surface area contributed by atoms with Crippen molar-refractivity contribution in [2.24, 2.45) is 5.92 Å². The zero-order valence-corrected chi connectivity index (χ0v) is 34.1. The second-order valence-electron chi connectivity index (χ2n) is 15.9. The third kappa shape index (κ3) is 10.0. The summed E-state index contributed by atoms with van der Waals surface area (Å²) in [5.74, 6) is -4.15. The van der Waals surface area contributed by atoms with E-state index in [1.54, 1.807) is 45.0 Å². The molecule has 0 spiro atoms. The second kappa shape index (κ2) is 16.8. The fourth-order valence-corrected chi connectivity index (χ4v) is 9.39. The zero-order valence-electron chi connectivity index (χ0n) is 31.8. The SMILES string of the molecule is CC(C)(C)OC(=O)N[C@H]1CCCCC/C=C\[C@@H]2C[C@@]2(C(=O)NS(=O)(=O)Cc2c(Cl)cccc2Cl)NC(=O)[C@@H]2C[C@@H](OC(=O)N3Cc4cccc(F)c4C3)CN2C1=O. The number of carbonyl (C=O) groups is 5. The van der Waals surface area contributed by atoms with E-state index in [0.29, 0.717) is 36.8 Å². The Morgan fingerprint density at radius 2 is 1.75 bits per heavy atom. The van der Waals surface area contributed by atoms with Crippen LogP contribution in [0.15, 0.2) is 48.6 Å². The first kappa shape index (κ1) is 42.2. The Hall–Kier alpha value is -4.41. The van der Waals surface area contributed by atoms with E-state index in [1.807, 2.05) is 6.08 Å². The van der Waals surface area contributed by atoms with Crippen LogP contribution >= 0.6 is 23.2 Å². The lowest BCUT2D eigenvalue weighted by Gasteiger charge is -2.30. The van der Waals surface area contributed by atoms with Crippen molar-refractivity contribution in [3.63, 3.8) is 0 Å². The highest BCUT2D eigenvalue weighted by molar-refractivity contribution is 7.89. The minimum absolute atomic E-state index is 0.0276. The summed E-state index contributed by atoms with van der Waals surface area (Å²) in [6.45, 7) is 4.88. The molecule has 1 aliphatic carbocycles. The van der Waals surface area contributed by atoms with Crippen LogP contribution in [0.1, 0.15) is 82.4 Å². The Kier molecular flexibility index (Phi) is 12.5. The van der Waals surface area contributed by atoms with Crippen LogP contribution in [-0.4, -0.2) is 84.0 Å². The average Bonchev–Trinajstić information content (AvgIpc) is 3.40. The number of carbonyl (C=O) groups excluding carboxylic acids is 5. The first-order valence-corrected chi connectivity index (χ1v) is 21.2. The van der Waals surface area contributed by atoms with Crippen LogP contribution in [0.5, 0.6) is 0 Å². The maximum Gasteiger partial charge on any atom is 0.410 e. The molecular weight excluding hydrogens is 804 g/mol. The number of sulfonamides is 1. The van der Waals surface area contributed by atoms with Gasteiger partial charge in [0.15, 0.2) is 0 Å². The standard InChI is InChI=1S/C39H46Cl2FN5O9S/c1-38(2,3)56-36(51)43-31-16-8-6-4-5-7-12-24-18-39(24,35(50)45-57(53,54)22-27-28(40)13-10-14-29(27)41)44-33(48)32-17-25(20-47(32)34(31)49)55-37(52)46-19-23-11-9-15-30(42)26(23)21-46/h7,9-15,24-25,31-32H,4-6,8,16-22H2,1-3H3,(H,43,51)(H,44,48)(H,45,50)/b12-7-/t24-,25-,31+,32+,39-/m1/s1. The lowest BCUT2D eigenvalue weighted by Crippen LogP contribution is -2.58. The first-order valence-electron chi connectivity index (χ1n) is 18.8. The van der Waals surface area contributed by atoms with Crippen LogP contribution in [-0.2, 0) is 52.7 Å².